The Morgan fingerprint density at radius 2 is 2.11 bits per heavy atom. The van der Waals surface area contributed by atoms with Crippen molar-refractivity contribution in [3.8, 4) is 0 Å². The van der Waals surface area contributed by atoms with Crippen LogP contribution in [0.15, 0.2) is 0 Å². The quantitative estimate of drug-likeness (QED) is 0.601. The van der Waals surface area contributed by atoms with Gasteiger partial charge in [-0.15, -0.1) is 0 Å². The van der Waals surface area contributed by atoms with E-state index in [0.717, 1.165) is 0 Å². The van der Waals surface area contributed by atoms with E-state index in [1.165, 1.54) is 14.2 Å². The molecule has 1 rings (SSSR count). The van der Waals surface area contributed by atoms with Crippen LogP contribution >= 0.6 is 8.60 Å². The number of carbonyl (C=O) groups excluding carboxylic acids is 2. The third-order valence-corrected chi connectivity index (χ3v) is 3.71. The van der Waals surface area contributed by atoms with Crippen LogP contribution in [-0.4, -0.2) is 45.4 Å². The van der Waals surface area contributed by atoms with Gasteiger partial charge < -0.3 is 19.1 Å². The zero-order valence-electron chi connectivity index (χ0n) is 11.6. The maximum Gasteiger partial charge on any atom is 0.333 e. The highest BCUT2D eigenvalue weighted by atomic mass is 31.2. The predicted molar refractivity (Wildman–Crippen MR) is 68.2 cm³/mol. The molecule has 7 nitrogen and oxygen atoms in total. The summed E-state index contributed by atoms with van der Waals surface area (Å²) < 4.78 is 20.3. The number of rotatable bonds is 5. The molecule has 1 saturated heterocycles. The van der Waals surface area contributed by atoms with E-state index < -0.39 is 20.1 Å². The van der Waals surface area contributed by atoms with Gasteiger partial charge in [-0.25, -0.2) is 0 Å². The first-order valence-electron chi connectivity index (χ1n) is 5.89. The first-order valence-corrected chi connectivity index (χ1v) is 6.98. The van der Waals surface area contributed by atoms with Crippen LogP contribution < -0.4 is 5.32 Å². The van der Waals surface area contributed by atoms with E-state index in [1.54, 1.807) is 0 Å². The monoisotopic (exact) mass is 293 g/mol. The average molecular weight is 293 g/mol. The summed E-state index contributed by atoms with van der Waals surface area (Å²) in [5.41, 5.74) is -0.452. The van der Waals surface area contributed by atoms with Crippen LogP contribution in [0.5, 0.6) is 0 Å². The predicted octanol–water partition coefficient (Wildman–Crippen LogP) is 0.981. The van der Waals surface area contributed by atoms with Gasteiger partial charge in [0, 0.05) is 19.1 Å². The lowest BCUT2D eigenvalue weighted by Gasteiger charge is -2.38. The molecule has 1 heterocycles. The topological polar surface area (TPSA) is 83.1 Å². The molecule has 2 unspecified atom stereocenters. The van der Waals surface area contributed by atoms with Crippen molar-refractivity contribution in [2.24, 2.45) is 5.41 Å². The number of methoxy groups -OCH3 is 1. The highest BCUT2D eigenvalue weighted by Crippen LogP contribution is 2.49. The molecule has 0 radical (unpaired) electrons. The molecule has 1 amide bonds. The molecule has 19 heavy (non-hydrogen) atoms. The lowest BCUT2D eigenvalue weighted by molar-refractivity contribution is -0.141. The molecule has 0 bridgehead atoms. The standard InChI is InChI=1S/C11H20NO6P/c1-11(2)7-17-19(16-4)18-9(11)10(14)12-6-5-8(13)15-3/h9H,5-7H2,1-4H3,(H,12,14). The fourth-order valence-electron chi connectivity index (χ4n) is 1.53. The molecule has 1 fully saturated rings. The molecular formula is C11H20NO6P. The zero-order chi connectivity index (χ0) is 14.5. The van der Waals surface area contributed by atoms with Crippen LogP contribution in [0.4, 0.5) is 0 Å². The number of hydrogen-bond donors (Lipinski definition) is 1. The lowest BCUT2D eigenvalue weighted by Crippen LogP contribution is -2.49. The Morgan fingerprint density at radius 3 is 2.68 bits per heavy atom. The van der Waals surface area contributed by atoms with Gasteiger partial charge in [-0.3, -0.25) is 14.1 Å². The van der Waals surface area contributed by atoms with Crippen LogP contribution in [0.3, 0.4) is 0 Å². The number of esters is 1. The van der Waals surface area contributed by atoms with Crippen LogP contribution in [0.1, 0.15) is 20.3 Å². The first-order chi connectivity index (χ1) is 8.90. The number of nitrogens with one attached hydrogen (secondary N) is 1. The van der Waals surface area contributed by atoms with Gasteiger partial charge in [0.1, 0.15) is 0 Å². The SMILES string of the molecule is COC(=O)CCNC(=O)C1OP(OC)OCC1(C)C. The van der Waals surface area contributed by atoms with E-state index >= 15 is 0 Å². The van der Waals surface area contributed by atoms with Gasteiger partial charge >= 0.3 is 14.6 Å². The molecule has 2 atom stereocenters. The summed E-state index contributed by atoms with van der Waals surface area (Å²) in [5.74, 6) is -0.645. The summed E-state index contributed by atoms with van der Waals surface area (Å²) >= 11 is 0. The Hall–Kier alpha value is -0.750. The van der Waals surface area contributed by atoms with Crippen molar-refractivity contribution < 1.29 is 27.9 Å². The molecule has 0 spiro atoms. The van der Waals surface area contributed by atoms with Crippen molar-refractivity contribution in [3.05, 3.63) is 0 Å². The van der Waals surface area contributed by atoms with E-state index in [-0.39, 0.29) is 24.8 Å². The fourth-order valence-corrected chi connectivity index (χ4v) is 2.78. The summed E-state index contributed by atoms with van der Waals surface area (Å²) in [4.78, 5) is 23.0. The Balaban J connectivity index is 2.50. The second-order valence-electron chi connectivity index (χ2n) is 4.77. The van der Waals surface area contributed by atoms with E-state index in [9.17, 15) is 9.59 Å². The van der Waals surface area contributed by atoms with Crippen molar-refractivity contribution >= 4 is 20.5 Å². The minimum atomic E-state index is -1.48. The van der Waals surface area contributed by atoms with Crippen molar-refractivity contribution in [2.45, 2.75) is 26.4 Å². The van der Waals surface area contributed by atoms with Crippen LogP contribution in [0.25, 0.3) is 0 Å². The normalized spacial score (nSPS) is 25.7. The fraction of sp³-hybridized carbons (Fsp3) is 0.818. The molecule has 0 aromatic rings. The van der Waals surface area contributed by atoms with Crippen molar-refractivity contribution in [1.29, 1.82) is 0 Å². The van der Waals surface area contributed by atoms with E-state index in [2.05, 4.69) is 10.1 Å². The smallest absolute Gasteiger partial charge is 0.333 e. The molecule has 8 heteroatoms. The summed E-state index contributed by atoms with van der Waals surface area (Å²) in [5, 5.41) is 2.65. The van der Waals surface area contributed by atoms with Crippen molar-refractivity contribution in [1.82, 2.24) is 5.32 Å². The van der Waals surface area contributed by atoms with E-state index in [0.29, 0.717) is 6.61 Å². The van der Waals surface area contributed by atoms with Gasteiger partial charge in [0.05, 0.1) is 20.1 Å². The summed E-state index contributed by atoms with van der Waals surface area (Å²) in [6.07, 6.45) is -0.532. The number of hydrogen-bond acceptors (Lipinski definition) is 6. The summed E-state index contributed by atoms with van der Waals surface area (Å²) in [7, 11) is 1.29. The molecule has 0 aromatic heterocycles. The lowest BCUT2D eigenvalue weighted by atomic mass is 9.87. The highest BCUT2D eigenvalue weighted by molar-refractivity contribution is 7.41. The third kappa shape index (κ3) is 4.69. The average Bonchev–Trinajstić information content (AvgIpc) is 2.38. The van der Waals surface area contributed by atoms with Crippen LogP contribution in [-0.2, 0) is 27.9 Å². The van der Waals surface area contributed by atoms with Gasteiger partial charge in [0.2, 0.25) is 5.91 Å². The second-order valence-corrected chi connectivity index (χ2v) is 6.05. The maximum atomic E-state index is 12.1. The molecular weight excluding hydrogens is 273 g/mol. The summed E-state index contributed by atoms with van der Waals surface area (Å²) in [6.45, 7) is 4.34. The number of amides is 1. The molecule has 110 valence electrons. The Bertz CT molecular complexity index is 335. The number of carbonyl (C=O) groups is 2. The van der Waals surface area contributed by atoms with Crippen molar-refractivity contribution in [3.63, 3.8) is 0 Å². The molecule has 0 aromatic carbocycles. The molecule has 0 aliphatic carbocycles. The minimum Gasteiger partial charge on any atom is -0.469 e. The zero-order valence-corrected chi connectivity index (χ0v) is 12.5. The number of ether oxygens (including phenoxy) is 1. The Morgan fingerprint density at radius 1 is 1.42 bits per heavy atom. The Kier molecular flexibility index (Phi) is 6.13. The molecule has 1 aliphatic heterocycles. The maximum absolute atomic E-state index is 12.1. The Labute approximate surface area is 113 Å². The van der Waals surface area contributed by atoms with Crippen LogP contribution in [0.2, 0.25) is 0 Å². The van der Waals surface area contributed by atoms with Gasteiger partial charge in [0.15, 0.2) is 6.10 Å². The van der Waals surface area contributed by atoms with E-state index in [1.807, 2.05) is 13.8 Å². The minimum absolute atomic E-state index is 0.130. The van der Waals surface area contributed by atoms with Gasteiger partial charge in [-0.1, -0.05) is 13.8 Å². The second kappa shape index (κ2) is 7.14. The third-order valence-electron chi connectivity index (χ3n) is 2.69. The summed E-state index contributed by atoms with van der Waals surface area (Å²) in [6, 6.07) is 0. The van der Waals surface area contributed by atoms with Gasteiger partial charge in [-0.05, 0) is 0 Å². The van der Waals surface area contributed by atoms with Gasteiger partial charge in [0.25, 0.3) is 0 Å². The molecule has 1 aliphatic rings. The van der Waals surface area contributed by atoms with Gasteiger partial charge in [-0.2, -0.15) is 0 Å². The molecule has 1 N–H and O–H groups in total. The molecule has 0 saturated carbocycles. The van der Waals surface area contributed by atoms with E-state index in [4.69, 9.17) is 13.6 Å². The first kappa shape index (κ1) is 16.3. The van der Waals surface area contributed by atoms with Crippen LogP contribution in [0, 0.1) is 5.41 Å². The van der Waals surface area contributed by atoms with Crippen molar-refractivity contribution in [2.75, 3.05) is 27.4 Å². The highest BCUT2D eigenvalue weighted by Gasteiger charge is 2.43. The largest absolute Gasteiger partial charge is 0.469 e.